The number of hydrogen-bond donors (Lipinski definition) is 0. The average Bonchev–Trinajstić information content (AvgIpc) is 2.61. The first-order valence-corrected chi connectivity index (χ1v) is 6.97. The molecule has 3 rings (SSSR count). The van der Waals surface area contributed by atoms with Gasteiger partial charge < -0.3 is 5.53 Å². The highest BCUT2D eigenvalue weighted by Gasteiger charge is 2.20. The van der Waals surface area contributed by atoms with Crippen LogP contribution in [0.2, 0.25) is 0 Å². The maximum atomic E-state index is 12.2. The van der Waals surface area contributed by atoms with Crippen LogP contribution in [0.25, 0.3) is 27.7 Å². The molecule has 24 heavy (non-hydrogen) atoms. The Kier molecular flexibility index (Phi) is 3.93. The van der Waals surface area contributed by atoms with E-state index in [1.54, 1.807) is 30.3 Å². The zero-order chi connectivity index (χ0) is 17.1. The fourth-order valence-electron chi connectivity index (χ4n) is 2.46. The summed E-state index contributed by atoms with van der Waals surface area (Å²) in [5, 5.41) is 11.6. The maximum absolute atomic E-state index is 12.2. The number of carbonyl (C=O) groups excluding carboxylic acids is 1. The van der Waals surface area contributed by atoms with Gasteiger partial charge >= 0.3 is 6.21 Å². The van der Waals surface area contributed by atoms with E-state index in [0.29, 0.717) is 16.6 Å². The number of benzene rings is 2. The molecule has 0 unspecified atom stereocenters. The number of nitrogens with zero attached hydrogens (tertiary/aromatic N) is 4. The van der Waals surface area contributed by atoms with Gasteiger partial charge in [0.15, 0.2) is 0 Å². The molecule has 7 heteroatoms. The number of aromatic nitrogens is 1. The Balaban J connectivity index is 2.40. The van der Waals surface area contributed by atoms with Crippen LogP contribution in [0.5, 0.6) is 0 Å². The van der Waals surface area contributed by atoms with Gasteiger partial charge in [0.2, 0.25) is 0 Å². The quantitative estimate of drug-likeness (QED) is 0.183. The minimum Gasteiger partial charge on any atom is -0.361 e. The molecule has 2 aromatic carbocycles. The number of carbonyl (C=O) groups is 1. The van der Waals surface area contributed by atoms with Gasteiger partial charge in [0.25, 0.3) is 11.5 Å². The zero-order valence-electron chi connectivity index (χ0n) is 12.3. The molecule has 0 atom stereocenters. The lowest BCUT2D eigenvalue weighted by Crippen LogP contribution is -2.05. The second kappa shape index (κ2) is 6.20. The van der Waals surface area contributed by atoms with Crippen molar-refractivity contribution in [1.82, 2.24) is 4.98 Å². The molecule has 116 valence electrons. The summed E-state index contributed by atoms with van der Waals surface area (Å²) in [5.41, 5.74) is 9.86. The molecule has 0 radical (unpaired) electrons. The number of pyridine rings is 1. The summed E-state index contributed by atoms with van der Waals surface area (Å²) in [7, 11) is 0. The molecule has 0 amide bonds. The lowest BCUT2D eigenvalue weighted by molar-refractivity contribution is -0.383. The van der Waals surface area contributed by atoms with E-state index >= 15 is 0 Å². The molecular weight excluding hydrogens is 308 g/mol. The van der Waals surface area contributed by atoms with Crippen molar-refractivity contribution in [3.63, 3.8) is 0 Å². The first kappa shape index (κ1) is 15.2. The molecule has 0 spiro atoms. The Morgan fingerprint density at radius 2 is 1.92 bits per heavy atom. The van der Waals surface area contributed by atoms with E-state index in [4.69, 9.17) is 5.53 Å². The van der Waals surface area contributed by atoms with E-state index in [0.717, 1.165) is 6.21 Å². The van der Waals surface area contributed by atoms with E-state index in [1.807, 2.05) is 6.07 Å². The minimum absolute atomic E-state index is 0.110. The monoisotopic (exact) mass is 318 g/mol. The van der Waals surface area contributed by atoms with Crippen LogP contribution in [0.1, 0.15) is 10.4 Å². The van der Waals surface area contributed by atoms with E-state index < -0.39 is 10.7 Å². The molecular formula is C17H10N4O3. The van der Waals surface area contributed by atoms with E-state index in [2.05, 4.69) is 9.77 Å². The molecule has 1 aromatic heterocycles. The lowest BCUT2D eigenvalue weighted by atomic mass is 10.0. The fourth-order valence-corrected chi connectivity index (χ4v) is 2.46. The summed E-state index contributed by atoms with van der Waals surface area (Å²) in [5.74, 6) is -0.567. The predicted molar refractivity (Wildman–Crippen MR) is 87.8 cm³/mol. The first-order chi connectivity index (χ1) is 11.6. The van der Waals surface area contributed by atoms with Crippen molar-refractivity contribution in [2.45, 2.75) is 0 Å². The number of ketones is 1. The van der Waals surface area contributed by atoms with Crippen molar-refractivity contribution in [2.24, 2.45) is 0 Å². The van der Waals surface area contributed by atoms with Crippen molar-refractivity contribution < 1.29 is 14.5 Å². The summed E-state index contributed by atoms with van der Waals surface area (Å²) >= 11 is 0. The number of fused-ring (bicyclic) bond motifs is 1. The highest BCUT2D eigenvalue weighted by Crippen LogP contribution is 2.30. The van der Waals surface area contributed by atoms with Gasteiger partial charge in [-0.3, -0.25) is 14.9 Å². The molecule has 0 saturated carbocycles. The normalized spacial score (nSPS) is 10.2. The molecule has 3 aromatic rings. The lowest BCUT2D eigenvalue weighted by Gasteiger charge is -2.07. The van der Waals surface area contributed by atoms with E-state index in [-0.39, 0.29) is 16.8 Å². The topological polar surface area (TPSA) is 110 Å². The number of nitro groups is 1. The van der Waals surface area contributed by atoms with Crippen molar-refractivity contribution in [3.8, 4) is 11.3 Å². The smallest absolute Gasteiger partial charge is 0.328 e. The SMILES string of the molecule is [N-]=[N+]=CC(=O)c1cc(-c2ccccc2)nc2c([N+](=O)[O-])cccc12. The third kappa shape index (κ3) is 2.67. The Labute approximate surface area is 136 Å². The van der Waals surface area contributed by atoms with Gasteiger partial charge in [-0.15, -0.1) is 0 Å². The summed E-state index contributed by atoms with van der Waals surface area (Å²) in [6.07, 6.45) is 0.752. The van der Waals surface area contributed by atoms with Crippen LogP contribution in [0, 0.1) is 10.1 Å². The summed E-state index contributed by atoms with van der Waals surface area (Å²) in [6.45, 7) is 0. The van der Waals surface area contributed by atoms with Crippen molar-refractivity contribution in [3.05, 3.63) is 75.8 Å². The molecule has 7 nitrogen and oxygen atoms in total. The van der Waals surface area contributed by atoms with Crippen LogP contribution in [-0.2, 0) is 0 Å². The Bertz CT molecular complexity index is 1010. The van der Waals surface area contributed by atoms with Crippen LogP contribution in [0.3, 0.4) is 0 Å². The van der Waals surface area contributed by atoms with Crippen molar-refractivity contribution in [2.75, 3.05) is 0 Å². The van der Waals surface area contributed by atoms with Gasteiger partial charge in [0.05, 0.1) is 10.6 Å². The van der Waals surface area contributed by atoms with Gasteiger partial charge in [-0.1, -0.05) is 42.5 Å². The van der Waals surface area contributed by atoms with Gasteiger partial charge in [0.1, 0.15) is 5.52 Å². The molecule has 1 heterocycles. The highest BCUT2D eigenvalue weighted by molar-refractivity contribution is 6.36. The fraction of sp³-hybridized carbons (Fsp3) is 0. The standard InChI is InChI=1S/C17H10N4O3/c18-19-10-16(22)13-9-14(11-5-2-1-3-6-11)20-17-12(13)7-4-8-15(17)21(23)24/h1-10H. The molecule has 0 aliphatic heterocycles. The minimum atomic E-state index is -0.567. The summed E-state index contributed by atoms with van der Waals surface area (Å²) < 4.78 is 0. The van der Waals surface area contributed by atoms with Gasteiger partial charge in [0, 0.05) is 22.6 Å². The molecule has 0 bridgehead atoms. The number of hydrogen-bond acceptors (Lipinski definition) is 4. The van der Waals surface area contributed by atoms with Crippen molar-refractivity contribution in [1.29, 1.82) is 0 Å². The largest absolute Gasteiger partial charge is 0.361 e. The third-order valence-electron chi connectivity index (χ3n) is 3.52. The highest BCUT2D eigenvalue weighted by atomic mass is 16.6. The van der Waals surface area contributed by atoms with Crippen LogP contribution >= 0.6 is 0 Å². The first-order valence-electron chi connectivity index (χ1n) is 6.97. The van der Waals surface area contributed by atoms with Crippen LogP contribution in [-0.4, -0.2) is 26.7 Å². The number of Topliss-reactive ketones (excluding diaryl/α,β-unsaturated/α-hetero) is 1. The molecule has 0 aliphatic carbocycles. The van der Waals surface area contributed by atoms with Crippen LogP contribution in [0.4, 0.5) is 5.69 Å². The average molecular weight is 318 g/mol. The van der Waals surface area contributed by atoms with Crippen LogP contribution < -0.4 is 0 Å². The van der Waals surface area contributed by atoms with Gasteiger partial charge in [-0.25, -0.2) is 4.98 Å². The molecule has 0 aliphatic rings. The van der Waals surface area contributed by atoms with Crippen molar-refractivity contribution >= 4 is 28.6 Å². The molecule has 0 N–H and O–H groups in total. The Morgan fingerprint density at radius 3 is 2.58 bits per heavy atom. The van der Waals surface area contributed by atoms with E-state index in [1.165, 1.54) is 18.2 Å². The van der Waals surface area contributed by atoms with Crippen LogP contribution in [0.15, 0.2) is 54.6 Å². The number of para-hydroxylation sites is 1. The summed E-state index contributed by atoms with van der Waals surface area (Å²) in [4.78, 5) is 30.1. The second-order valence-corrected chi connectivity index (χ2v) is 4.96. The number of nitro benzene ring substituents is 1. The van der Waals surface area contributed by atoms with E-state index in [9.17, 15) is 14.9 Å². The number of non-ortho nitro benzene ring substituents is 1. The zero-order valence-corrected chi connectivity index (χ0v) is 12.3. The maximum Gasteiger partial charge on any atom is 0.328 e. The van der Waals surface area contributed by atoms with Gasteiger partial charge in [-0.05, 0) is 6.07 Å². The predicted octanol–water partition coefficient (Wildman–Crippen LogP) is 3.29. The summed E-state index contributed by atoms with van der Waals surface area (Å²) in [6, 6.07) is 14.9. The molecule has 0 saturated heterocycles. The molecule has 0 fully saturated rings. The third-order valence-corrected chi connectivity index (χ3v) is 3.52. The number of rotatable bonds is 4. The van der Waals surface area contributed by atoms with Gasteiger partial charge in [-0.2, -0.15) is 4.79 Å². The Morgan fingerprint density at radius 1 is 1.17 bits per heavy atom. The second-order valence-electron chi connectivity index (χ2n) is 4.96. The Hall–Kier alpha value is -3.70.